The molecule has 0 fully saturated rings. The van der Waals surface area contributed by atoms with Gasteiger partial charge in [0.05, 0.1) is 12.4 Å². The van der Waals surface area contributed by atoms with Gasteiger partial charge in [-0.25, -0.2) is 9.97 Å². The molecule has 0 saturated heterocycles. The van der Waals surface area contributed by atoms with Crippen LogP contribution in [0.25, 0.3) is 0 Å². The molecule has 1 unspecified atom stereocenters. The van der Waals surface area contributed by atoms with E-state index in [0.717, 1.165) is 12.2 Å². The zero-order valence-electron chi connectivity index (χ0n) is 9.93. The molecular formula is C13H16N4. The fourth-order valence-corrected chi connectivity index (χ4v) is 2.50. The van der Waals surface area contributed by atoms with E-state index in [-0.39, 0.29) is 0 Å². The van der Waals surface area contributed by atoms with Crippen molar-refractivity contribution in [3.05, 3.63) is 42.1 Å². The Bertz CT molecular complexity index is 500. The predicted octanol–water partition coefficient (Wildman–Crippen LogP) is 2.25. The van der Waals surface area contributed by atoms with Gasteiger partial charge in [-0.3, -0.25) is 0 Å². The van der Waals surface area contributed by atoms with Gasteiger partial charge < -0.3 is 9.88 Å². The normalized spacial score (nSPS) is 18.8. The van der Waals surface area contributed by atoms with E-state index in [1.165, 1.54) is 24.1 Å². The number of rotatable bonds is 2. The van der Waals surface area contributed by atoms with E-state index < -0.39 is 0 Å². The molecule has 0 aliphatic carbocycles. The van der Waals surface area contributed by atoms with Crippen LogP contribution in [0.1, 0.15) is 30.1 Å². The topological polar surface area (TPSA) is 42.7 Å². The van der Waals surface area contributed by atoms with E-state index in [1.807, 2.05) is 31.8 Å². The van der Waals surface area contributed by atoms with Crippen molar-refractivity contribution in [2.45, 2.75) is 25.3 Å². The molecule has 17 heavy (non-hydrogen) atoms. The lowest BCUT2D eigenvalue weighted by molar-refractivity contribution is 0.457. The summed E-state index contributed by atoms with van der Waals surface area (Å²) >= 11 is 0. The zero-order valence-corrected chi connectivity index (χ0v) is 9.93. The number of aromatic nitrogens is 3. The molecule has 0 aromatic carbocycles. The summed E-state index contributed by atoms with van der Waals surface area (Å²) in [5.74, 6) is 0.912. The third-order valence-corrected chi connectivity index (χ3v) is 3.42. The first-order valence-corrected chi connectivity index (χ1v) is 6.03. The number of hydrogen-bond acceptors (Lipinski definition) is 3. The van der Waals surface area contributed by atoms with Crippen molar-refractivity contribution in [1.29, 1.82) is 0 Å². The average Bonchev–Trinajstić information content (AvgIpc) is 2.87. The van der Waals surface area contributed by atoms with Crippen LogP contribution >= 0.6 is 0 Å². The molecule has 1 atom stereocenters. The minimum absolute atomic E-state index is 0.402. The first kappa shape index (κ1) is 10.3. The predicted molar refractivity (Wildman–Crippen MR) is 67.1 cm³/mol. The fraction of sp³-hybridized carbons (Fsp3) is 0.385. The molecule has 4 heteroatoms. The summed E-state index contributed by atoms with van der Waals surface area (Å²) in [6.45, 7) is 0. The van der Waals surface area contributed by atoms with E-state index in [1.54, 1.807) is 0 Å². The van der Waals surface area contributed by atoms with Crippen LogP contribution in [0.3, 0.4) is 0 Å². The highest BCUT2D eigenvalue weighted by Gasteiger charge is 2.20. The fourth-order valence-electron chi connectivity index (χ4n) is 2.50. The van der Waals surface area contributed by atoms with Crippen LogP contribution in [0.15, 0.2) is 30.9 Å². The summed E-state index contributed by atoms with van der Waals surface area (Å²) in [7, 11) is 1.89. The maximum Gasteiger partial charge on any atom is 0.125 e. The smallest absolute Gasteiger partial charge is 0.125 e. The molecule has 2 aromatic heterocycles. The van der Waals surface area contributed by atoms with Gasteiger partial charge in [0.25, 0.3) is 0 Å². The van der Waals surface area contributed by atoms with Gasteiger partial charge in [0.2, 0.25) is 0 Å². The third kappa shape index (κ3) is 1.79. The number of pyridine rings is 1. The largest absolute Gasteiger partial charge is 0.373 e. The van der Waals surface area contributed by atoms with E-state index in [2.05, 4.69) is 25.9 Å². The zero-order chi connectivity index (χ0) is 11.7. The van der Waals surface area contributed by atoms with Crippen molar-refractivity contribution in [3.63, 3.8) is 0 Å². The van der Waals surface area contributed by atoms with Gasteiger partial charge in [-0.1, -0.05) is 6.07 Å². The van der Waals surface area contributed by atoms with Gasteiger partial charge in [0.1, 0.15) is 5.82 Å². The molecule has 2 aromatic rings. The van der Waals surface area contributed by atoms with Crippen LogP contribution < -0.4 is 5.32 Å². The highest BCUT2D eigenvalue weighted by Crippen LogP contribution is 2.30. The van der Waals surface area contributed by atoms with Crippen LogP contribution in [-0.2, 0) is 6.42 Å². The lowest BCUT2D eigenvalue weighted by atomic mass is 9.97. The van der Waals surface area contributed by atoms with Crippen LogP contribution in [0.4, 0.5) is 5.82 Å². The molecule has 0 bridgehead atoms. The first-order valence-electron chi connectivity index (χ1n) is 6.03. The standard InChI is InChI=1S/C13H16N4/c1-14-13-6-5-10(7-16-13)12-4-2-3-11-8-15-9-17(11)12/h5-9,12H,2-4H2,1H3,(H,14,16). The van der Waals surface area contributed by atoms with E-state index in [0.29, 0.717) is 6.04 Å². The van der Waals surface area contributed by atoms with Gasteiger partial charge in [0.15, 0.2) is 0 Å². The Morgan fingerprint density at radius 2 is 2.29 bits per heavy atom. The number of aryl methyl sites for hydroxylation is 1. The number of nitrogens with zero attached hydrogens (tertiary/aromatic N) is 3. The Kier molecular flexibility index (Phi) is 2.55. The SMILES string of the molecule is CNc1ccc(C2CCCc3cncn32)cn1. The Hall–Kier alpha value is -1.84. The van der Waals surface area contributed by atoms with E-state index in [4.69, 9.17) is 0 Å². The van der Waals surface area contributed by atoms with Crippen LogP contribution in [-0.4, -0.2) is 21.6 Å². The first-order chi connectivity index (χ1) is 8.38. The van der Waals surface area contributed by atoms with Crippen LogP contribution in [0, 0.1) is 0 Å². The van der Waals surface area contributed by atoms with Crippen molar-refractivity contribution < 1.29 is 0 Å². The molecule has 4 nitrogen and oxygen atoms in total. The quantitative estimate of drug-likeness (QED) is 0.857. The third-order valence-electron chi connectivity index (χ3n) is 3.42. The monoisotopic (exact) mass is 228 g/mol. The van der Waals surface area contributed by atoms with E-state index >= 15 is 0 Å². The average molecular weight is 228 g/mol. The highest BCUT2D eigenvalue weighted by atomic mass is 15.1. The van der Waals surface area contributed by atoms with Gasteiger partial charge in [-0.15, -0.1) is 0 Å². The van der Waals surface area contributed by atoms with Crippen molar-refractivity contribution >= 4 is 5.82 Å². The summed E-state index contributed by atoms with van der Waals surface area (Å²) in [5, 5.41) is 3.04. The van der Waals surface area contributed by atoms with Crippen molar-refractivity contribution in [2.24, 2.45) is 0 Å². The molecular weight excluding hydrogens is 212 g/mol. The Balaban J connectivity index is 1.95. The lowest BCUT2D eigenvalue weighted by Crippen LogP contribution is -2.17. The van der Waals surface area contributed by atoms with Crippen LogP contribution in [0.5, 0.6) is 0 Å². The molecule has 0 saturated carbocycles. The maximum absolute atomic E-state index is 4.38. The van der Waals surface area contributed by atoms with E-state index in [9.17, 15) is 0 Å². The number of anilines is 1. The minimum Gasteiger partial charge on any atom is -0.373 e. The van der Waals surface area contributed by atoms with Crippen molar-refractivity contribution in [3.8, 4) is 0 Å². The van der Waals surface area contributed by atoms with Gasteiger partial charge in [0, 0.05) is 25.1 Å². The second kappa shape index (κ2) is 4.20. The molecule has 88 valence electrons. The summed E-state index contributed by atoms with van der Waals surface area (Å²) < 4.78 is 2.28. The van der Waals surface area contributed by atoms with Gasteiger partial charge in [-0.2, -0.15) is 0 Å². The number of fused-ring (bicyclic) bond motifs is 1. The highest BCUT2D eigenvalue weighted by molar-refractivity contribution is 5.35. The Morgan fingerprint density at radius 3 is 3.06 bits per heavy atom. The Morgan fingerprint density at radius 1 is 1.35 bits per heavy atom. The second-order valence-corrected chi connectivity index (χ2v) is 4.43. The molecule has 0 radical (unpaired) electrons. The Labute approximate surface area is 101 Å². The number of hydrogen-bond donors (Lipinski definition) is 1. The van der Waals surface area contributed by atoms with Gasteiger partial charge in [-0.05, 0) is 30.9 Å². The number of nitrogens with one attached hydrogen (secondary N) is 1. The molecule has 0 amide bonds. The summed E-state index contributed by atoms with van der Waals surface area (Å²) in [6, 6.07) is 4.58. The van der Waals surface area contributed by atoms with Crippen LogP contribution in [0.2, 0.25) is 0 Å². The summed E-state index contributed by atoms with van der Waals surface area (Å²) in [6.07, 6.45) is 9.41. The maximum atomic E-state index is 4.38. The van der Waals surface area contributed by atoms with Gasteiger partial charge >= 0.3 is 0 Å². The lowest BCUT2D eigenvalue weighted by Gasteiger charge is -2.25. The number of imidazole rings is 1. The molecule has 1 aliphatic heterocycles. The molecule has 1 N–H and O–H groups in total. The van der Waals surface area contributed by atoms with Crippen molar-refractivity contribution in [2.75, 3.05) is 12.4 Å². The minimum atomic E-state index is 0.402. The second-order valence-electron chi connectivity index (χ2n) is 4.43. The summed E-state index contributed by atoms with van der Waals surface area (Å²) in [4.78, 5) is 8.63. The summed E-state index contributed by atoms with van der Waals surface area (Å²) in [5.41, 5.74) is 2.60. The molecule has 3 heterocycles. The van der Waals surface area contributed by atoms with Crippen molar-refractivity contribution in [1.82, 2.24) is 14.5 Å². The molecule has 3 rings (SSSR count). The molecule has 1 aliphatic rings. The molecule has 0 spiro atoms.